The summed E-state index contributed by atoms with van der Waals surface area (Å²) in [6, 6.07) is 26.8. The van der Waals surface area contributed by atoms with E-state index < -0.39 is 17.7 Å². The first-order valence-electron chi connectivity index (χ1n) is 14.3. The molecule has 0 saturated carbocycles. The first-order valence-corrected chi connectivity index (χ1v) is 14.3. The normalized spacial score (nSPS) is 15.0. The van der Waals surface area contributed by atoms with Crippen LogP contribution < -0.4 is 19.4 Å². The molecule has 3 aromatic carbocycles. The average Bonchev–Trinajstić information content (AvgIpc) is 3.43. The van der Waals surface area contributed by atoms with E-state index in [9.17, 15) is 14.4 Å². The van der Waals surface area contributed by atoms with Gasteiger partial charge in [-0.3, -0.25) is 19.3 Å². The van der Waals surface area contributed by atoms with Gasteiger partial charge in [-0.05, 0) is 74.5 Å². The van der Waals surface area contributed by atoms with E-state index in [1.807, 2.05) is 56.3 Å². The van der Waals surface area contributed by atoms with Crippen molar-refractivity contribution in [2.45, 2.75) is 26.3 Å². The molecule has 1 aliphatic rings. The maximum atomic E-state index is 14.5. The lowest BCUT2D eigenvalue weighted by Gasteiger charge is -2.31. The number of anilines is 4. The molecule has 1 aliphatic heterocycles. The molecule has 2 aromatic heterocycles. The number of methoxy groups -OCH3 is 1. The fourth-order valence-electron chi connectivity index (χ4n) is 5.61. The number of para-hydroxylation sites is 3. The van der Waals surface area contributed by atoms with Crippen molar-refractivity contribution in [2.24, 2.45) is 5.92 Å². The molecule has 1 atom stereocenters. The molecule has 1 unspecified atom stereocenters. The minimum atomic E-state index is -1.20. The van der Waals surface area contributed by atoms with Crippen molar-refractivity contribution in [2.75, 3.05) is 28.4 Å². The summed E-state index contributed by atoms with van der Waals surface area (Å²) in [5, 5.41) is 4.78. The quantitative estimate of drug-likeness (QED) is 0.219. The van der Waals surface area contributed by atoms with E-state index in [-0.39, 0.29) is 24.9 Å². The molecule has 0 saturated heterocycles. The average molecular weight is 590 g/mol. The zero-order valence-corrected chi connectivity index (χ0v) is 24.6. The van der Waals surface area contributed by atoms with Crippen LogP contribution in [-0.4, -0.2) is 47.6 Å². The van der Waals surface area contributed by atoms with Crippen LogP contribution in [0.4, 0.5) is 22.7 Å². The Morgan fingerprint density at radius 2 is 1.61 bits per heavy atom. The second kappa shape index (κ2) is 12.0. The zero-order valence-electron chi connectivity index (χ0n) is 24.6. The number of amides is 3. The maximum Gasteiger partial charge on any atom is 0.257 e. The summed E-state index contributed by atoms with van der Waals surface area (Å²) >= 11 is 0. The third-order valence-corrected chi connectivity index (χ3v) is 7.66. The van der Waals surface area contributed by atoms with Crippen LogP contribution in [0, 0.1) is 5.92 Å². The van der Waals surface area contributed by atoms with Gasteiger partial charge in [0.25, 0.3) is 5.71 Å². The van der Waals surface area contributed by atoms with E-state index in [2.05, 4.69) is 10.1 Å². The largest absolute Gasteiger partial charge is 0.497 e. The lowest BCUT2D eigenvalue weighted by atomic mass is 9.98. The number of carbonyl (C=O) groups excluding carboxylic acids is 3. The summed E-state index contributed by atoms with van der Waals surface area (Å²) in [4.78, 5) is 51.8. The molecule has 5 aromatic rings. The number of carbonyl (C=O) groups is 3. The summed E-state index contributed by atoms with van der Waals surface area (Å²) in [7, 11) is 1.58. The highest BCUT2D eigenvalue weighted by atomic mass is 16.5. The van der Waals surface area contributed by atoms with Gasteiger partial charge in [-0.2, -0.15) is 0 Å². The minimum absolute atomic E-state index is 0.0370. The summed E-state index contributed by atoms with van der Waals surface area (Å²) in [5.74, 6) is -1.77. The predicted octanol–water partition coefficient (Wildman–Crippen LogP) is 5.54. The van der Waals surface area contributed by atoms with E-state index in [0.29, 0.717) is 45.3 Å². The molecule has 222 valence electrons. The van der Waals surface area contributed by atoms with Gasteiger partial charge < -0.3 is 19.1 Å². The third kappa shape index (κ3) is 5.26. The monoisotopic (exact) mass is 589 g/mol. The van der Waals surface area contributed by atoms with Gasteiger partial charge in [-0.15, -0.1) is 0 Å². The topological polar surface area (TPSA) is 109 Å². The Balaban J connectivity index is 1.44. The molecular weight excluding hydrogens is 558 g/mol. The highest BCUT2D eigenvalue weighted by molar-refractivity contribution is 6.21. The second-order valence-corrected chi connectivity index (χ2v) is 10.7. The maximum absolute atomic E-state index is 14.5. The number of rotatable bonds is 8. The van der Waals surface area contributed by atoms with Crippen LogP contribution in [0.5, 0.6) is 5.75 Å². The molecule has 10 nitrogen and oxygen atoms in total. The van der Waals surface area contributed by atoms with Gasteiger partial charge in [0.15, 0.2) is 0 Å². The fourth-order valence-corrected chi connectivity index (χ4v) is 5.61. The number of hydrogen-bond donors (Lipinski definition) is 0. The van der Waals surface area contributed by atoms with Crippen molar-refractivity contribution >= 4 is 51.6 Å². The molecule has 0 aliphatic carbocycles. The highest BCUT2D eigenvalue weighted by Gasteiger charge is 2.42. The number of aromatic nitrogens is 2. The van der Waals surface area contributed by atoms with Gasteiger partial charge in [-0.25, -0.2) is 4.98 Å². The van der Waals surface area contributed by atoms with Gasteiger partial charge in [0.05, 0.1) is 29.6 Å². The SMILES string of the molecule is COc1ccc(N(C(=O)CN2C(=O)C(Cc3noc4ncccc34)C(=O)N(c3ccccc3)c3ccccc32)C(C)C)cc1. The van der Waals surface area contributed by atoms with Crippen LogP contribution in [0.15, 0.2) is 102 Å². The Bertz CT molecular complexity index is 1820. The summed E-state index contributed by atoms with van der Waals surface area (Å²) in [5.41, 5.74) is 2.98. The van der Waals surface area contributed by atoms with Crippen LogP contribution in [0.25, 0.3) is 11.1 Å². The number of fused-ring (bicyclic) bond motifs is 2. The lowest BCUT2D eigenvalue weighted by Crippen LogP contribution is -2.48. The van der Waals surface area contributed by atoms with Crippen LogP contribution >= 0.6 is 0 Å². The Labute approximate surface area is 254 Å². The van der Waals surface area contributed by atoms with E-state index >= 15 is 0 Å². The third-order valence-electron chi connectivity index (χ3n) is 7.66. The molecule has 0 fully saturated rings. The Morgan fingerprint density at radius 3 is 2.32 bits per heavy atom. The second-order valence-electron chi connectivity index (χ2n) is 10.7. The van der Waals surface area contributed by atoms with Crippen molar-refractivity contribution < 1.29 is 23.6 Å². The van der Waals surface area contributed by atoms with E-state index in [1.54, 1.807) is 71.6 Å². The van der Waals surface area contributed by atoms with E-state index in [4.69, 9.17) is 9.26 Å². The first kappa shape index (κ1) is 28.6. The van der Waals surface area contributed by atoms with Gasteiger partial charge in [0, 0.05) is 30.0 Å². The molecule has 3 amide bonds. The molecule has 0 radical (unpaired) electrons. The summed E-state index contributed by atoms with van der Waals surface area (Å²) in [6.45, 7) is 3.54. The summed E-state index contributed by atoms with van der Waals surface area (Å²) in [6.07, 6.45) is 1.55. The molecular formula is C34H31N5O5. The van der Waals surface area contributed by atoms with E-state index in [1.165, 1.54) is 4.90 Å². The lowest BCUT2D eigenvalue weighted by molar-refractivity contribution is -0.132. The number of ether oxygens (including phenoxy) is 1. The smallest absolute Gasteiger partial charge is 0.257 e. The van der Waals surface area contributed by atoms with E-state index in [0.717, 1.165) is 0 Å². The standard InChI is InChI=1S/C34H31N5O5/c1-22(2)38(24-15-17-25(43-3)18-16-24)31(40)21-37-29-13-7-8-14-30(29)39(23-10-5-4-6-11-23)34(42)27(33(37)41)20-28-26-12-9-19-35-32(26)44-36-28/h4-19,22,27H,20-21H2,1-3H3. The number of hydrogen-bond acceptors (Lipinski definition) is 7. The van der Waals surface area contributed by atoms with Gasteiger partial charge >= 0.3 is 0 Å². The summed E-state index contributed by atoms with van der Waals surface area (Å²) < 4.78 is 10.7. The first-order chi connectivity index (χ1) is 21.4. The fraction of sp³-hybridized carbons (Fsp3) is 0.206. The van der Waals surface area contributed by atoms with Crippen molar-refractivity contribution in [3.05, 3.63) is 103 Å². The molecule has 6 rings (SSSR count). The minimum Gasteiger partial charge on any atom is -0.497 e. The van der Waals surface area contributed by atoms with Crippen molar-refractivity contribution in [1.29, 1.82) is 0 Å². The van der Waals surface area contributed by atoms with Gasteiger partial charge in [-0.1, -0.05) is 35.5 Å². The number of pyridine rings is 1. The molecule has 44 heavy (non-hydrogen) atoms. The number of nitrogens with zero attached hydrogens (tertiary/aromatic N) is 5. The Hall–Kier alpha value is -5.51. The zero-order chi connectivity index (χ0) is 30.8. The Kier molecular flexibility index (Phi) is 7.80. The van der Waals surface area contributed by atoms with Gasteiger partial charge in [0.1, 0.15) is 18.2 Å². The Morgan fingerprint density at radius 1 is 0.909 bits per heavy atom. The molecule has 10 heteroatoms. The van der Waals surface area contributed by atoms with Crippen molar-refractivity contribution in [3.63, 3.8) is 0 Å². The number of benzene rings is 3. The molecule has 3 heterocycles. The molecule has 0 spiro atoms. The van der Waals surface area contributed by atoms with Crippen LogP contribution in [0.2, 0.25) is 0 Å². The predicted molar refractivity (Wildman–Crippen MR) is 167 cm³/mol. The van der Waals surface area contributed by atoms with Crippen molar-refractivity contribution in [3.8, 4) is 5.75 Å². The molecule has 0 bridgehead atoms. The van der Waals surface area contributed by atoms with Gasteiger partial charge in [0.2, 0.25) is 17.7 Å². The van der Waals surface area contributed by atoms with Crippen LogP contribution in [0.3, 0.4) is 0 Å². The van der Waals surface area contributed by atoms with Crippen LogP contribution in [-0.2, 0) is 20.8 Å². The van der Waals surface area contributed by atoms with Crippen molar-refractivity contribution in [1.82, 2.24) is 10.1 Å². The van der Waals surface area contributed by atoms with Crippen LogP contribution in [0.1, 0.15) is 19.5 Å². The highest BCUT2D eigenvalue weighted by Crippen LogP contribution is 2.40. The molecule has 0 N–H and O–H groups in total.